The minimum Gasteiger partial charge on any atom is -0.348 e. The molecule has 1 aliphatic rings. The van der Waals surface area contributed by atoms with Crippen LogP contribution in [0.1, 0.15) is 35.4 Å². The van der Waals surface area contributed by atoms with Crippen LogP contribution in [0.2, 0.25) is 0 Å². The molecule has 1 N–H and O–H groups in total. The van der Waals surface area contributed by atoms with E-state index in [1.54, 1.807) is 16.0 Å². The van der Waals surface area contributed by atoms with Gasteiger partial charge in [-0.3, -0.25) is 14.6 Å². The molecule has 134 valence electrons. The largest absolute Gasteiger partial charge is 0.348 e. The van der Waals surface area contributed by atoms with E-state index in [4.69, 9.17) is 4.98 Å². The number of rotatable bonds is 4. The van der Waals surface area contributed by atoms with E-state index in [1.807, 2.05) is 48.7 Å². The van der Waals surface area contributed by atoms with Crippen molar-refractivity contribution in [2.75, 3.05) is 18.0 Å². The summed E-state index contributed by atoms with van der Waals surface area (Å²) < 4.78 is 1.75. The fourth-order valence-corrected chi connectivity index (χ4v) is 4.14. The van der Waals surface area contributed by atoms with Crippen molar-refractivity contribution in [1.29, 1.82) is 0 Å². The fourth-order valence-electron chi connectivity index (χ4n) is 3.19. The molecule has 0 spiro atoms. The van der Waals surface area contributed by atoms with Gasteiger partial charge < -0.3 is 4.90 Å². The maximum Gasteiger partial charge on any atom is 0.271 e. The molecule has 1 fully saturated rings. The summed E-state index contributed by atoms with van der Waals surface area (Å²) in [7, 11) is 0. The Morgan fingerprint density at radius 2 is 1.88 bits per heavy atom. The minimum atomic E-state index is -0.103. The molecule has 5 nitrogen and oxygen atoms in total. The Kier molecular flexibility index (Phi) is 4.75. The fraction of sp³-hybridized carbons (Fsp3) is 0.300. The Hall–Kier alpha value is -2.60. The number of anilines is 1. The summed E-state index contributed by atoms with van der Waals surface area (Å²) in [6, 6.07) is 9.77. The summed E-state index contributed by atoms with van der Waals surface area (Å²) in [5.41, 5.74) is 2.40. The minimum absolute atomic E-state index is 0.103. The molecule has 0 bridgehead atoms. The molecule has 0 radical (unpaired) electrons. The SMILES string of the molecule is Cc1sc(N2CCCCC2)nc1C=Cc1cn(-c2ccccc2)[nH]c1=O. The zero-order chi connectivity index (χ0) is 17.9. The van der Waals surface area contributed by atoms with Crippen LogP contribution in [0.4, 0.5) is 5.13 Å². The quantitative estimate of drug-likeness (QED) is 0.757. The number of aromatic amines is 1. The second-order valence-electron chi connectivity index (χ2n) is 6.55. The third kappa shape index (κ3) is 3.51. The van der Waals surface area contributed by atoms with Crippen molar-refractivity contribution in [3.63, 3.8) is 0 Å². The van der Waals surface area contributed by atoms with E-state index in [2.05, 4.69) is 16.9 Å². The summed E-state index contributed by atoms with van der Waals surface area (Å²) in [4.78, 5) is 20.6. The lowest BCUT2D eigenvalue weighted by atomic mass is 10.1. The van der Waals surface area contributed by atoms with Gasteiger partial charge in [0.1, 0.15) is 0 Å². The molecule has 3 aromatic rings. The van der Waals surface area contributed by atoms with Gasteiger partial charge in [0.25, 0.3) is 5.56 Å². The van der Waals surface area contributed by atoms with Crippen LogP contribution >= 0.6 is 11.3 Å². The number of para-hydroxylation sites is 1. The second kappa shape index (κ2) is 7.33. The van der Waals surface area contributed by atoms with Crippen molar-refractivity contribution >= 4 is 28.6 Å². The van der Waals surface area contributed by atoms with E-state index < -0.39 is 0 Å². The van der Waals surface area contributed by atoms with Gasteiger partial charge in [0.05, 0.1) is 16.9 Å². The van der Waals surface area contributed by atoms with E-state index in [0.717, 1.165) is 29.6 Å². The summed E-state index contributed by atoms with van der Waals surface area (Å²) >= 11 is 1.73. The number of H-pyrrole nitrogens is 1. The average Bonchev–Trinajstić information content (AvgIpc) is 3.24. The van der Waals surface area contributed by atoms with Crippen LogP contribution in [-0.2, 0) is 0 Å². The second-order valence-corrected chi connectivity index (χ2v) is 7.73. The summed E-state index contributed by atoms with van der Waals surface area (Å²) in [5, 5.41) is 3.95. The molecule has 3 heterocycles. The number of benzene rings is 1. The number of nitrogens with one attached hydrogen (secondary N) is 1. The van der Waals surface area contributed by atoms with E-state index in [1.165, 1.54) is 24.1 Å². The molecule has 1 aliphatic heterocycles. The van der Waals surface area contributed by atoms with Crippen molar-refractivity contribution in [2.24, 2.45) is 0 Å². The van der Waals surface area contributed by atoms with Crippen LogP contribution < -0.4 is 10.5 Å². The highest BCUT2D eigenvalue weighted by molar-refractivity contribution is 7.15. The van der Waals surface area contributed by atoms with Gasteiger partial charge in [-0.05, 0) is 50.5 Å². The van der Waals surface area contributed by atoms with Gasteiger partial charge in [0.2, 0.25) is 0 Å². The predicted octanol–water partition coefficient (Wildman–Crippen LogP) is 4.09. The van der Waals surface area contributed by atoms with E-state index in [9.17, 15) is 4.79 Å². The normalized spacial score (nSPS) is 15.0. The average molecular weight is 366 g/mol. The number of aryl methyl sites for hydroxylation is 1. The number of thiazole rings is 1. The highest BCUT2D eigenvalue weighted by atomic mass is 32.1. The predicted molar refractivity (Wildman–Crippen MR) is 108 cm³/mol. The number of nitrogens with zero attached hydrogens (tertiary/aromatic N) is 3. The summed E-state index contributed by atoms with van der Waals surface area (Å²) in [6.45, 7) is 4.27. The maximum atomic E-state index is 12.2. The Morgan fingerprint density at radius 1 is 1.12 bits per heavy atom. The van der Waals surface area contributed by atoms with Crippen molar-refractivity contribution < 1.29 is 0 Å². The van der Waals surface area contributed by atoms with Crippen molar-refractivity contribution in [3.05, 3.63) is 63.0 Å². The molecule has 0 unspecified atom stereocenters. The number of piperidine rings is 1. The molecule has 1 aromatic carbocycles. The van der Waals surface area contributed by atoms with Crippen LogP contribution in [0.5, 0.6) is 0 Å². The van der Waals surface area contributed by atoms with E-state index in [0.29, 0.717) is 5.56 Å². The third-order valence-corrected chi connectivity index (χ3v) is 5.70. The lowest BCUT2D eigenvalue weighted by Crippen LogP contribution is -2.29. The Labute approximate surface area is 156 Å². The van der Waals surface area contributed by atoms with Gasteiger partial charge >= 0.3 is 0 Å². The molecule has 2 aromatic heterocycles. The third-order valence-electron chi connectivity index (χ3n) is 4.66. The maximum absolute atomic E-state index is 12.2. The van der Waals surface area contributed by atoms with Crippen LogP contribution in [-0.4, -0.2) is 27.9 Å². The van der Waals surface area contributed by atoms with Crippen LogP contribution in [0.3, 0.4) is 0 Å². The van der Waals surface area contributed by atoms with Crippen LogP contribution in [0.25, 0.3) is 17.8 Å². The molecular formula is C20H22N4OS. The molecule has 0 saturated carbocycles. The smallest absolute Gasteiger partial charge is 0.271 e. The van der Waals surface area contributed by atoms with Crippen LogP contribution in [0.15, 0.2) is 41.3 Å². The summed E-state index contributed by atoms with van der Waals surface area (Å²) in [6.07, 6.45) is 9.41. The molecular weight excluding hydrogens is 344 g/mol. The highest BCUT2D eigenvalue weighted by Crippen LogP contribution is 2.28. The lowest BCUT2D eigenvalue weighted by Gasteiger charge is -2.25. The molecule has 0 aliphatic carbocycles. The van der Waals surface area contributed by atoms with E-state index >= 15 is 0 Å². The van der Waals surface area contributed by atoms with Gasteiger partial charge in [-0.25, -0.2) is 4.98 Å². The Bertz CT molecular complexity index is 961. The number of hydrogen-bond donors (Lipinski definition) is 1. The van der Waals surface area contributed by atoms with E-state index in [-0.39, 0.29) is 5.56 Å². The Morgan fingerprint density at radius 3 is 2.65 bits per heavy atom. The van der Waals surface area contributed by atoms with Crippen molar-refractivity contribution in [2.45, 2.75) is 26.2 Å². The first kappa shape index (κ1) is 16.8. The Balaban J connectivity index is 1.56. The molecule has 4 rings (SSSR count). The standard InChI is InChI=1S/C20H22N4OS/c1-15-18(21-20(26-15)23-12-6-3-7-13-23)11-10-16-14-24(22-19(16)25)17-8-4-2-5-9-17/h2,4-5,8-11,14H,3,6-7,12-13H2,1H3,(H,22,25). The molecule has 6 heteroatoms. The van der Waals surface area contributed by atoms with Gasteiger partial charge in [-0.2, -0.15) is 0 Å². The number of hydrogen-bond acceptors (Lipinski definition) is 4. The zero-order valence-electron chi connectivity index (χ0n) is 14.8. The van der Waals surface area contributed by atoms with Crippen molar-refractivity contribution in [1.82, 2.24) is 14.8 Å². The van der Waals surface area contributed by atoms with Gasteiger partial charge in [-0.1, -0.05) is 18.2 Å². The first-order valence-electron chi connectivity index (χ1n) is 8.98. The highest BCUT2D eigenvalue weighted by Gasteiger charge is 2.15. The zero-order valence-corrected chi connectivity index (χ0v) is 15.6. The monoisotopic (exact) mass is 366 g/mol. The molecule has 26 heavy (non-hydrogen) atoms. The first-order chi connectivity index (χ1) is 12.7. The van der Waals surface area contributed by atoms with Crippen molar-refractivity contribution in [3.8, 4) is 5.69 Å². The van der Waals surface area contributed by atoms with Gasteiger partial charge in [-0.15, -0.1) is 11.3 Å². The molecule has 1 saturated heterocycles. The lowest BCUT2D eigenvalue weighted by molar-refractivity contribution is 0.577. The molecule has 0 amide bonds. The first-order valence-corrected chi connectivity index (χ1v) is 9.80. The topological polar surface area (TPSA) is 53.9 Å². The molecule has 0 atom stereocenters. The van der Waals surface area contributed by atoms with Gasteiger partial charge in [0.15, 0.2) is 5.13 Å². The van der Waals surface area contributed by atoms with Crippen LogP contribution in [0, 0.1) is 6.92 Å². The van der Waals surface area contributed by atoms with Gasteiger partial charge in [0, 0.05) is 24.2 Å². The summed E-state index contributed by atoms with van der Waals surface area (Å²) in [5.74, 6) is 0. The number of aromatic nitrogens is 3.